The normalized spacial score (nSPS) is 11.1. The first kappa shape index (κ1) is 9.16. The van der Waals surface area contributed by atoms with Gasteiger partial charge in [0.1, 0.15) is 0 Å². The van der Waals surface area contributed by atoms with E-state index in [1.165, 1.54) is 5.39 Å². The number of aromatic nitrogens is 1. The van der Waals surface area contributed by atoms with Gasteiger partial charge in [0.15, 0.2) is 6.29 Å². The number of benzene rings is 2. The summed E-state index contributed by atoms with van der Waals surface area (Å²) in [5.41, 5.74) is 3.78. The molecule has 1 N–H and O–H groups in total. The number of hydrogen-bond donors (Lipinski definition) is 1. The number of H-pyrrole nitrogens is 1. The lowest BCUT2D eigenvalue weighted by Gasteiger charge is -1.99. The van der Waals surface area contributed by atoms with Crippen LogP contribution in [0.4, 0.5) is 0 Å². The largest absolute Gasteiger partial charge is 0.354 e. The van der Waals surface area contributed by atoms with Crippen molar-refractivity contribution in [3.05, 3.63) is 47.5 Å². The van der Waals surface area contributed by atoms with Gasteiger partial charge in [0.2, 0.25) is 0 Å². The van der Waals surface area contributed by atoms with Gasteiger partial charge >= 0.3 is 0 Å². The van der Waals surface area contributed by atoms with E-state index in [0.29, 0.717) is 0 Å². The van der Waals surface area contributed by atoms with Gasteiger partial charge in [-0.2, -0.15) is 0 Å². The van der Waals surface area contributed by atoms with E-state index in [9.17, 15) is 4.79 Å². The van der Waals surface area contributed by atoms with Crippen molar-refractivity contribution in [2.45, 2.75) is 6.92 Å². The molecular weight excluding hydrogens is 198 g/mol. The standard InChI is InChI=1S/C14H11NO/c1-9-6-7-11-10-4-2-3-5-13(10)15-14(11)12(9)8-16/h2-8,15H,1H3. The lowest BCUT2D eigenvalue weighted by molar-refractivity contribution is 0.112. The van der Waals surface area contributed by atoms with E-state index in [1.807, 2.05) is 31.2 Å². The number of para-hydroxylation sites is 1. The van der Waals surface area contributed by atoms with Crippen LogP contribution in [0, 0.1) is 6.92 Å². The topological polar surface area (TPSA) is 32.9 Å². The van der Waals surface area contributed by atoms with Crippen molar-refractivity contribution < 1.29 is 4.79 Å². The minimum Gasteiger partial charge on any atom is -0.354 e. The van der Waals surface area contributed by atoms with Crippen LogP contribution in [0.15, 0.2) is 36.4 Å². The smallest absolute Gasteiger partial charge is 0.152 e. The molecule has 78 valence electrons. The van der Waals surface area contributed by atoms with E-state index in [4.69, 9.17) is 0 Å². The quantitative estimate of drug-likeness (QED) is 0.612. The fourth-order valence-corrected chi connectivity index (χ4v) is 2.20. The molecule has 0 atom stereocenters. The highest BCUT2D eigenvalue weighted by atomic mass is 16.1. The zero-order valence-corrected chi connectivity index (χ0v) is 8.95. The van der Waals surface area contributed by atoms with E-state index in [-0.39, 0.29) is 0 Å². The maximum absolute atomic E-state index is 11.1. The molecule has 2 aromatic carbocycles. The van der Waals surface area contributed by atoms with E-state index in [0.717, 1.165) is 33.8 Å². The molecule has 0 saturated carbocycles. The molecule has 0 aliphatic carbocycles. The van der Waals surface area contributed by atoms with Crippen molar-refractivity contribution in [1.82, 2.24) is 4.98 Å². The molecule has 2 heteroatoms. The van der Waals surface area contributed by atoms with Crippen molar-refractivity contribution in [1.29, 1.82) is 0 Å². The minimum absolute atomic E-state index is 0.758. The number of aromatic amines is 1. The first-order valence-electron chi connectivity index (χ1n) is 5.26. The summed E-state index contributed by atoms with van der Waals surface area (Å²) in [5.74, 6) is 0. The Morgan fingerprint density at radius 3 is 2.69 bits per heavy atom. The second kappa shape index (κ2) is 3.20. The van der Waals surface area contributed by atoms with Gasteiger partial charge in [0.25, 0.3) is 0 Å². The van der Waals surface area contributed by atoms with Crippen molar-refractivity contribution in [2.75, 3.05) is 0 Å². The number of carbonyl (C=O) groups is 1. The number of carbonyl (C=O) groups excluding carboxylic acids is 1. The second-order valence-corrected chi connectivity index (χ2v) is 4.01. The van der Waals surface area contributed by atoms with Crippen LogP contribution in [0.2, 0.25) is 0 Å². The number of aldehydes is 1. The van der Waals surface area contributed by atoms with E-state index in [1.54, 1.807) is 0 Å². The maximum Gasteiger partial charge on any atom is 0.152 e. The predicted octanol–water partition coefficient (Wildman–Crippen LogP) is 3.44. The maximum atomic E-state index is 11.1. The molecule has 0 fully saturated rings. The molecule has 3 rings (SSSR count). The third-order valence-electron chi connectivity index (χ3n) is 3.06. The van der Waals surface area contributed by atoms with Gasteiger partial charge in [-0.15, -0.1) is 0 Å². The van der Waals surface area contributed by atoms with Gasteiger partial charge in [0.05, 0.1) is 5.52 Å². The Hall–Kier alpha value is -2.09. The third-order valence-corrected chi connectivity index (χ3v) is 3.06. The summed E-state index contributed by atoms with van der Waals surface area (Å²) >= 11 is 0. The SMILES string of the molecule is Cc1ccc2c([nH]c3ccccc32)c1C=O. The number of aryl methyl sites for hydroxylation is 1. The predicted molar refractivity (Wildman–Crippen MR) is 65.9 cm³/mol. The van der Waals surface area contributed by atoms with Crippen molar-refractivity contribution >= 4 is 28.1 Å². The van der Waals surface area contributed by atoms with Crippen LogP contribution in [0.5, 0.6) is 0 Å². The fourth-order valence-electron chi connectivity index (χ4n) is 2.20. The first-order chi connectivity index (χ1) is 7.81. The first-order valence-corrected chi connectivity index (χ1v) is 5.26. The summed E-state index contributed by atoms with van der Waals surface area (Å²) in [7, 11) is 0. The Labute approximate surface area is 92.9 Å². The molecule has 1 heterocycles. The molecule has 3 aromatic rings. The van der Waals surface area contributed by atoms with Gasteiger partial charge in [-0.1, -0.05) is 30.3 Å². The summed E-state index contributed by atoms with van der Waals surface area (Å²) in [6, 6.07) is 12.2. The Balaban J connectivity index is 2.58. The Kier molecular flexibility index (Phi) is 1.83. The highest BCUT2D eigenvalue weighted by molar-refractivity contribution is 6.12. The molecule has 0 saturated heterocycles. The van der Waals surface area contributed by atoms with Crippen LogP contribution in [0.3, 0.4) is 0 Å². The molecule has 0 aliphatic rings. The molecule has 0 aliphatic heterocycles. The Morgan fingerprint density at radius 2 is 1.88 bits per heavy atom. The van der Waals surface area contributed by atoms with Crippen LogP contribution in [0.1, 0.15) is 15.9 Å². The lowest BCUT2D eigenvalue weighted by Crippen LogP contribution is -1.87. The van der Waals surface area contributed by atoms with Gasteiger partial charge < -0.3 is 4.98 Å². The van der Waals surface area contributed by atoms with E-state index in [2.05, 4.69) is 17.1 Å². The average Bonchev–Trinajstić information content (AvgIpc) is 2.67. The Bertz CT molecular complexity index is 694. The van der Waals surface area contributed by atoms with E-state index < -0.39 is 0 Å². The van der Waals surface area contributed by atoms with Crippen molar-refractivity contribution in [3.63, 3.8) is 0 Å². The van der Waals surface area contributed by atoms with Crippen LogP contribution in [-0.4, -0.2) is 11.3 Å². The van der Waals surface area contributed by atoms with Gasteiger partial charge in [-0.25, -0.2) is 0 Å². The summed E-state index contributed by atoms with van der Waals surface area (Å²) in [4.78, 5) is 14.4. The molecule has 0 bridgehead atoms. The number of rotatable bonds is 1. The number of fused-ring (bicyclic) bond motifs is 3. The summed E-state index contributed by atoms with van der Waals surface area (Å²) in [5, 5.41) is 2.28. The van der Waals surface area contributed by atoms with Crippen molar-refractivity contribution in [2.24, 2.45) is 0 Å². The highest BCUT2D eigenvalue weighted by Gasteiger charge is 2.08. The van der Waals surface area contributed by atoms with E-state index >= 15 is 0 Å². The lowest BCUT2D eigenvalue weighted by atomic mass is 10.1. The third kappa shape index (κ3) is 1.10. The molecule has 0 radical (unpaired) electrons. The molecule has 16 heavy (non-hydrogen) atoms. The second-order valence-electron chi connectivity index (χ2n) is 4.01. The minimum atomic E-state index is 0.758. The van der Waals surface area contributed by atoms with Crippen LogP contribution >= 0.6 is 0 Å². The number of nitrogens with one attached hydrogen (secondary N) is 1. The van der Waals surface area contributed by atoms with Gasteiger partial charge in [-0.3, -0.25) is 4.79 Å². The van der Waals surface area contributed by atoms with Crippen LogP contribution < -0.4 is 0 Å². The fraction of sp³-hybridized carbons (Fsp3) is 0.0714. The Morgan fingerprint density at radius 1 is 1.06 bits per heavy atom. The summed E-state index contributed by atoms with van der Waals surface area (Å²) in [6.45, 7) is 1.95. The van der Waals surface area contributed by atoms with Gasteiger partial charge in [0, 0.05) is 21.9 Å². The highest BCUT2D eigenvalue weighted by Crippen LogP contribution is 2.28. The molecule has 0 amide bonds. The van der Waals surface area contributed by atoms with Crippen molar-refractivity contribution in [3.8, 4) is 0 Å². The molecule has 0 unspecified atom stereocenters. The van der Waals surface area contributed by atoms with Crippen LogP contribution in [0.25, 0.3) is 21.8 Å². The molecule has 0 spiro atoms. The average molecular weight is 209 g/mol. The summed E-state index contributed by atoms with van der Waals surface area (Å²) in [6.07, 6.45) is 0.924. The van der Waals surface area contributed by atoms with Gasteiger partial charge in [-0.05, 0) is 18.6 Å². The zero-order chi connectivity index (χ0) is 11.1. The molecule has 1 aromatic heterocycles. The van der Waals surface area contributed by atoms with Crippen LogP contribution in [-0.2, 0) is 0 Å². The summed E-state index contributed by atoms with van der Waals surface area (Å²) < 4.78 is 0. The molecular formula is C14H11NO. The zero-order valence-electron chi connectivity index (χ0n) is 8.95. The number of hydrogen-bond acceptors (Lipinski definition) is 1. The monoisotopic (exact) mass is 209 g/mol. The molecule has 2 nitrogen and oxygen atoms in total.